The van der Waals surface area contributed by atoms with Gasteiger partial charge >= 0.3 is 6.36 Å². The van der Waals surface area contributed by atoms with Crippen LogP contribution >= 0.6 is 0 Å². The molecule has 0 saturated heterocycles. The molecule has 0 atom stereocenters. The van der Waals surface area contributed by atoms with Crippen molar-refractivity contribution in [2.24, 2.45) is 0 Å². The first-order chi connectivity index (χ1) is 11.6. The fraction of sp³-hybridized carbons (Fsp3) is 0.250. The summed E-state index contributed by atoms with van der Waals surface area (Å²) in [5, 5.41) is 0. The summed E-state index contributed by atoms with van der Waals surface area (Å²) >= 11 is 0. The fourth-order valence-electron chi connectivity index (χ4n) is 2.15. The minimum absolute atomic E-state index is 0.0488. The van der Waals surface area contributed by atoms with Gasteiger partial charge < -0.3 is 9.47 Å². The van der Waals surface area contributed by atoms with Gasteiger partial charge in [0.15, 0.2) is 0 Å². The monoisotopic (exact) mass is 375 g/mol. The molecular weight excluding hydrogens is 359 g/mol. The first kappa shape index (κ1) is 19.1. The minimum Gasteiger partial charge on any atom is -0.496 e. The maximum Gasteiger partial charge on any atom is 0.573 e. The van der Waals surface area contributed by atoms with Gasteiger partial charge in [-0.15, -0.1) is 13.2 Å². The van der Waals surface area contributed by atoms with E-state index in [0.717, 1.165) is 28.6 Å². The van der Waals surface area contributed by atoms with Crippen molar-refractivity contribution in [1.82, 2.24) is 4.31 Å². The summed E-state index contributed by atoms with van der Waals surface area (Å²) in [5.41, 5.74) is 0.660. The number of hydrogen-bond donors (Lipinski definition) is 0. The molecule has 0 N–H and O–H groups in total. The summed E-state index contributed by atoms with van der Waals surface area (Å²) in [6.07, 6.45) is -4.83. The van der Waals surface area contributed by atoms with E-state index < -0.39 is 22.1 Å². The number of nitrogens with zero attached hydrogens (tertiary/aromatic N) is 1. The Bertz CT molecular complexity index is 820. The molecule has 5 nitrogen and oxygen atoms in total. The van der Waals surface area contributed by atoms with E-state index in [1.807, 2.05) is 0 Å². The lowest BCUT2D eigenvalue weighted by Crippen LogP contribution is -2.26. The molecule has 0 saturated carbocycles. The van der Waals surface area contributed by atoms with Crippen molar-refractivity contribution >= 4 is 10.0 Å². The second-order valence-electron chi connectivity index (χ2n) is 5.09. The van der Waals surface area contributed by atoms with Gasteiger partial charge in [0.05, 0.1) is 12.0 Å². The number of rotatable bonds is 6. The Morgan fingerprint density at radius 3 is 2.20 bits per heavy atom. The molecule has 2 aromatic rings. The number of para-hydroxylation sites is 1. The number of halogens is 3. The van der Waals surface area contributed by atoms with Crippen LogP contribution in [0.1, 0.15) is 5.56 Å². The Balaban J connectivity index is 2.20. The molecule has 0 fully saturated rings. The van der Waals surface area contributed by atoms with Crippen molar-refractivity contribution in [2.75, 3.05) is 14.2 Å². The van der Waals surface area contributed by atoms with Gasteiger partial charge in [-0.3, -0.25) is 0 Å². The molecule has 0 radical (unpaired) electrons. The van der Waals surface area contributed by atoms with Crippen LogP contribution in [0.25, 0.3) is 0 Å². The van der Waals surface area contributed by atoms with Gasteiger partial charge in [-0.1, -0.05) is 18.2 Å². The molecule has 9 heteroatoms. The number of methoxy groups -OCH3 is 1. The highest BCUT2D eigenvalue weighted by atomic mass is 32.2. The van der Waals surface area contributed by atoms with Crippen LogP contribution in [0.5, 0.6) is 11.5 Å². The van der Waals surface area contributed by atoms with E-state index in [9.17, 15) is 21.6 Å². The molecule has 0 aliphatic rings. The van der Waals surface area contributed by atoms with E-state index in [4.69, 9.17) is 4.74 Å². The zero-order valence-corrected chi connectivity index (χ0v) is 14.3. The Morgan fingerprint density at radius 1 is 1.04 bits per heavy atom. The quantitative estimate of drug-likeness (QED) is 0.776. The summed E-state index contributed by atoms with van der Waals surface area (Å²) in [5.74, 6) is 0.0531. The lowest BCUT2D eigenvalue weighted by atomic mass is 10.2. The lowest BCUT2D eigenvalue weighted by Gasteiger charge is -2.19. The van der Waals surface area contributed by atoms with Crippen LogP contribution < -0.4 is 9.47 Å². The maximum absolute atomic E-state index is 12.6. The smallest absolute Gasteiger partial charge is 0.496 e. The number of benzene rings is 2. The summed E-state index contributed by atoms with van der Waals surface area (Å²) in [6, 6.07) is 11.0. The largest absolute Gasteiger partial charge is 0.573 e. The summed E-state index contributed by atoms with van der Waals surface area (Å²) in [7, 11) is -1.03. The van der Waals surface area contributed by atoms with Crippen molar-refractivity contribution in [3.05, 3.63) is 54.1 Å². The van der Waals surface area contributed by atoms with E-state index in [1.54, 1.807) is 24.3 Å². The third-order valence-electron chi connectivity index (χ3n) is 3.35. The van der Waals surface area contributed by atoms with E-state index in [0.29, 0.717) is 11.3 Å². The van der Waals surface area contributed by atoms with Crippen LogP contribution in [-0.2, 0) is 16.6 Å². The number of hydrogen-bond acceptors (Lipinski definition) is 4. The zero-order valence-electron chi connectivity index (χ0n) is 13.4. The molecule has 0 aliphatic heterocycles. The van der Waals surface area contributed by atoms with Crippen molar-refractivity contribution < 1.29 is 31.1 Å². The highest BCUT2D eigenvalue weighted by Crippen LogP contribution is 2.26. The molecule has 2 rings (SSSR count). The SMILES string of the molecule is COc1ccccc1CN(C)S(=O)(=O)c1ccc(OC(F)(F)F)cc1. The molecular formula is C16H16F3NO4S. The van der Waals surface area contributed by atoms with Crippen LogP contribution in [0.15, 0.2) is 53.4 Å². The molecule has 0 heterocycles. The van der Waals surface area contributed by atoms with Crippen LogP contribution in [0, 0.1) is 0 Å². The second kappa shape index (κ2) is 7.32. The number of sulfonamides is 1. The molecule has 136 valence electrons. The van der Waals surface area contributed by atoms with Gasteiger partial charge in [0, 0.05) is 19.2 Å². The average molecular weight is 375 g/mol. The first-order valence-electron chi connectivity index (χ1n) is 7.07. The maximum atomic E-state index is 12.6. The number of ether oxygens (including phenoxy) is 2. The van der Waals surface area contributed by atoms with E-state index >= 15 is 0 Å². The third-order valence-corrected chi connectivity index (χ3v) is 5.17. The van der Waals surface area contributed by atoms with Crippen molar-refractivity contribution in [3.63, 3.8) is 0 Å². The van der Waals surface area contributed by atoms with Crippen molar-refractivity contribution in [3.8, 4) is 11.5 Å². The van der Waals surface area contributed by atoms with Gasteiger partial charge in [0.1, 0.15) is 11.5 Å². The summed E-state index contributed by atoms with van der Waals surface area (Å²) in [6.45, 7) is 0.0488. The molecule has 0 aromatic heterocycles. The topological polar surface area (TPSA) is 55.8 Å². The van der Waals surface area contributed by atoms with E-state index in [-0.39, 0.29) is 11.4 Å². The van der Waals surface area contributed by atoms with Crippen LogP contribution in [0.3, 0.4) is 0 Å². The molecule has 0 amide bonds. The van der Waals surface area contributed by atoms with E-state index in [1.165, 1.54) is 14.2 Å². The first-order valence-corrected chi connectivity index (χ1v) is 8.51. The van der Waals surface area contributed by atoms with Crippen LogP contribution in [-0.4, -0.2) is 33.2 Å². The normalized spacial score (nSPS) is 12.2. The summed E-state index contributed by atoms with van der Waals surface area (Å²) < 4.78 is 71.6. The average Bonchev–Trinajstić information content (AvgIpc) is 2.54. The zero-order chi connectivity index (χ0) is 18.7. The molecule has 2 aromatic carbocycles. The second-order valence-corrected chi connectivity index (χ2v) is 7.14. The Kier molecular flexibility index (Phi) is 5.58. The molecule has 0 aliphatic carbocycles. The predicted octanol–water partition coefficient (Wildman–Crippen LogP) is 3.41. The van der Waals surface area contributed by atoms with Gasteiger partial charge in [-0.2, -0.15) is 4.31 Å². The van der Waals surface area contributed by atoms with Gasteiger partial charge in [-0.05, 0) is 30.3 Å². The molecule has 0 unspecified atom stereocenters. The fourth-order valence-corrected chi connectivity index (χ4v) is 3.30. The highest BCUT2D eigenvalue weighted by Gasteiger charge is 2.31. The van der Waals surface area contributed by atoms with Gasteiger partial charge in [0.2, 0.25) is 10.0 Å². The standard InChI is InChI=1S/C16H16F3NO4S/c1-20(11-12-5-3-4-6-15(12)23-2)25(21,22)14-9-7-13(8-10-14)24-16(17,18)19/h3-10H,11H2,1-2H3. The Hall–Kier alpha value is -2.26. The third kappa shape index (κ3) is 4.86. The van der Waals surface area contributed by atoms with Crippen LogP contribution in [0.2, 0.25) is 0 Å². The highest BCUT2D eigenvalue weighted by molar-refractivity contribution is 7.89. The molecule has 0 spiro atoms. The van der Waals surface area contributed by atoms with Crippen molar-refractivity contribution in [1.29, 1.82) is 0 Å². The molecule has 0 bridgehead atoms. The van der Waals surface area contributed by atoms with E-state index in [2.05, 4.69) is 4.74 Å². The van der Waals surface area contributed by atoms with Crippen molar-refractivity contribution in [2.45, 2.75) is 17.8 Å². The van der Waals surface area contributed by atoms with Gasteiger partial charge in [-0.25, -0.2) is 8.42 Å². The Labute approximate surface area is 143 Å². The molecule has 25 heavy (non-hydrogen) atoms. The Morgan fingerprint density at radius 2 is 1.64 bits per heavy atom. The lowest BCUT2D eigenvalue weighted by molar-refractivity contribution is -0.274. The minimum atomic E-state index is -4.83. The number of alkyl halides is 3. The van der Waals surface area contributed by atoms with Gasteiger partial charge in [0.25, 0.3) is 0 Å². The van der Waals surface area contributed by atoms with Crippen LogP contribution in [0.4, 0.5) is 13.2 Å². The summed E-state index contributed by atoms with van der Waals surface area (Å²) in [4.78, 5) is -0.139. The predicted molar refractivity (Wildman–Crippen MR) is 84.8 cm³/mol.